The number of aromatic nitrogens is 2. The van der Waals surface area contributed by atoms with Gasteiger partial charge in [0.25, 0.3) is 17.7 Å². The number of rotatable bonds is 8. The number of benzene rings is 2. The minimum absolute atomic E-state index is 0.000710. The normalized spacial score (nSPS) is 19.1. The molecule has 0 radical (unpaired) electrons. The summed E-state index contributed by atoms with van der Waals surface area (Å²) in [6.45, 7) is 1.28. The highest BCUT2D eigenvalue weighted by Crippen LogP contribution is 2.41. The van der Waals surface area contributed by atoms with Crippen LogP contribution in [-0.2, 0) is 11.3 Å². The van der Waals surface area contributed by atoms with E-state index in [0.29, 0.717) is 24.3 Å². The fraction of sp³-hybridized carbons (Fsp3) is 0.370. The molecule has 2 aromatic carbocycles. The molecule has 13 heteroatoms. The monoisotopic (exact) mass is 558 g/mol. The summed E-state index contributed by atoms with van der Waals surface area (Å²) in [5, 5.41) is 7.06. The molecule has 2 amide bonds. The molecular weight excluding hydrogens is 529 g/mol. The standard InChI is InChI=1S/C27H29F3N6O4/c1-39-20-7-6-17(28)10-19(20)26(38)33-11-15-2-4-16(5-3-15)23-22(25(32)37)24(31)36(34-23)21-12-35(18-13-40-14-18)9-8-27(21,29)30/h2-7,10,18,21H,8-9,11-14,31H2,1H3,(H2,32,37)(H,33,38). The number of likely N-dealkylation sites (tertiary alicyclic amines) is 1. The highest BCUT2D eigenvalue weighted by molar-refractivity contribution is 6.03. The second kappa shape index (κ2) is 10.8. The van der Waals surface area contributed by atoms with E-state index in [1.807, 2.05) is 4.90 Å². The Morgan fingerprint density at radius 3 is 2.55 bits per heavy atom. The van der Waals surface area contributed by atoms with Crippen molar-refractivity contribution in [2.75, 3.05) is 39.1 Å². The molecule has 3 aromatic rings. The lowest BCUT2D eigenvalue weighted by molar-refractivity contribution is -0.139. The molecule has 2 saturated heterocycles. The number of primary amides is 1. The number of nitrogens with zero attached hydrogens (tertiary/aromatic N) is 3. The first-order valence-electron chi connectivity index (χ1n) is 12.7. The number of nitrogen functional groups attached to an aromatic ring is 1. The lowest BCUT2D eigenvalue weighted by Crippen LogP contribution is -2.57. The molecule has 0 spiro atoms. The van der Waals surface area contributed by atoms with Crippen LogP contribution in [0.1, 0.15) is 38.7 Å². The molecule has 1 atom stereocenters. The Morgan fingerprint density at radius 1 is 1.20 bits per heavy atom. The quantitative estimate of drug-likeness (QED) is 0.387. The van der Waals surface area contributed by atoms with Crippen molar-refractivity contribution in [1.82, 2.24) is 20.0 Å². The number of hydrogen-bond acceptors (Lipinski definition) is 7. The fourth-order valence-electron chi connectivity index (χ4n) is 4.97. The summed E-state index contributed by atoms with van der Waals surface area (Å²) in [6.07, 6.45) is -0.378. The molecule has 0 saturated carbocycles. The predicted molar refractivity (Wildman–Crippen MR) is 139 cm³/mol. The van der Waals surface area contributed by atoms with Gasteiger partial charge in [-0.2, -0.15) is 5.10 Å². The number of nitrogens with two attached hydrogens (primary N) is 2. The number of anilines is 1. The number of halogens is 3. The first kappa shape index (κ1) is 27.5. The van der Waals surface area contributed by atoms with Gasteiger partial charge >= 0.3 is 0 Å². The average Bonchev–Trinajstić information content (AvgIpc) is 3.24. The van der Waals surface area contributed by atoms with Gasteiger partial charge in [0, 0.05) is 31.6 Å². The second-order valence-electron chi connectivity index (χ2n) is 9.85. The number of nitrogens with one attached hydrogen (secondary N) is 1. The molecule has 40 heavy (non-hydrogen) atoms. The smallest absolute Gasteiger partial charge is 0.272 e. The van der Waals surface area contributed by atoms with E-state index in [-0.39, 0.29) is 60.5 Å². The number of ether oxygens (including phenoxy) is 2. The highest BCUT2D eigenvalue weighted by atomic mass is 19.3. The Hall–Kier alpha value is -4.10. The molecule has 212 valence electrons. The third kappa shape index (κ3) is 5.21. The van der Waals surface area contributed by atoms with Crippen molar-refractivity contribution < 1.29 is 32.2 Å². The van der Waals surface area contributed by atoms with E-state index in [0.717, 1.165) is 10.7 Å². The Kier molecular flexibility index (Phi) is 7.43. The van der Waals surface area contributed by atoms with Crippen molar-refractivity contribution in [3.05, 3.63) is 65.0 Å². The number of methoxy groups -OCH3 is 1. The first-order valence-corrected chi connectivity index (χ1v) is 12.7. The lowest BCUT2D eigenvalue weighted by atomic mass is 9.98. The molecule has 2 aliphatic rings. The lowest BCUT2D eigenvalue weighted by Gasteiger charge is -2.44. The summed E-state index contributed by atoms with van der Waals surface area (Å²) < 4.78 is 55.1. The van der Waals surface area contributed by atoms with Crippen LogP contribution in [0.15, 0.2) is 42.5 Å². The minimum atomic E-state index is -3.10. The van der Waals surface area contributed by atoms with E-state index in [9.17, 15) is 14.0 Å². The number of carbonyl (C=O) groups is 2. The third-order valence-electron chi connectivity index (χ3n) is 7.34. The largest absolute Gasteiger partial charge is 0.496 e. The van der Waals surface area contributed by atoms with Crippen LogP contribution in [0.5, 0.6) is 5.75 Å². The van der Waals surface area contributed by atoms with Crippen LogP contribution >= 0.6 is 0 Å². The van der Waals surface area contributed by atoms with Crippen LogP contribution in [-0.4, -0.2) is 71.9 Å². The van der Waals surface area contributed by atoms with Crippen LogP contribution < -0.4 is 21.5 Å². The maximum Gasteiger partial charge on any atom is 0.272 e. The molecule has 3 heterocycles. The van der Waals surface area contributed by atoms with Gasteiger partial charge in [0.1, 0.15) is 34.7 Å². The number of carbonyl (C=O) groups excluding carboxylic acids is 2. The zero-order valence-corrected chi connectivity index (χ0v) is 21.7. The summed E-state index contributed by atoms with van der Waals surface area (Å²) in [7, 11) is 1.38. The zero-order valence-electron chi connectivity index (χ0n) is 21.7. The van der Waals surface area contributed by atoms with Gasteiger partial charge in [0.05, 0.1) is 31.9 Å². The Morgan fingerprint density at radius 2 is 1.93 bits per heavy atom. The van der Waals surface area contributed by atoms with E-state index in [1.165, 1.54) is 19.2 Å². The van der Waals surface area contributed by atoms with Crippen LogP contribution in [0.2, 0.25) is 0 Å². The predicted octanol–water partition coefficient (Wildman–Crippen LogP) is 2.59. The van der Waals surface area contributed by atoms with Crippen molar-refractivity contribution in [3.63, 3.8) is 0 Å². The molecule has 1 unspecified atom stereocenters. The molecule has 2 aliphatic heterocycles. The summed E-state index contributed by atoms with van der Waals surface area (Å²) in [5.41, 5.74) is 12.9. The van der Waals surface area contributed by atoms with Crippen molar-refractivity contribution >= 4 is 17.6 Å². The molecule has 2 fully saturated rings. The maximum atomic E-state index is 15.1. The number of alkyl halides is 2. The summed E-state index contributed by atoms with van der Waals surface area (Å²) in [6, 6.07) is 8.90. The average molecular weight is 559 g/mol. The van der Waals surface area contributed by atoms with Gasteiger partial charge in [0.2, 0.25) is 0 Å². The van der Waals surface area contributed by atoms with E-state index < -0.39 is 29.6 Å². The molecule has 0 bridgehead atoms. The number of amides is 2. The Labute approximate surface area is 228 Å². The van der Waals surface area contributed by atoms with Crippen LogP contribution in [0.25, 0.3) is 11.3 Å². The number of piperidine rings is 1. The van der Waals surface area contributed by atoms with Crippen LogP contribution in [0.3, 0.4) is 0 Å². The van der Waals surface area contributed by atoms with Gasteiger partial charge < -0.3 is 26.3 Å². The first-order chi connectivity index (χ1) is 19.1. The molecule has 5 N–H and O–H groups in total. The third-order valence-corrected chi connectivity index (χ3v) is 7.34. The fourth-order valence-corrected chi connectivity index (χ4v) is 4.97. The van der Waals surface area contributed by atoms with Gasteiger partial charge in [-0.3, -0.25) is 14.5 Å². The molecule has 10 nitrogen and oxygen atoms in total. The van der Waals surface area contributed by atoms with Crippen LogP contribution in [0, 0.1) is 5.82 Å². The summed E-state index contributed by atoms with van der Waals surface area (Å²) >= 11 is 0. The van der Waals surface area contributed by atoms with Crippen molar-refractivity contribution in [2.24, 2.45) is 5.73 Å². The van der Waals surface area contributed by atoms with Gasteiger partial charge in [0.15, 0.2) is 0 Å². The van der Waals surface area contributed by atoms with Gasteiger partial charge in [-0.15, -0.1) is 0 Å². The maximum absolute atomic E-state index is 15.1. The SMILES string of the molecule is COc1ccc(F)cc1C(=O)NCc1ccc(-c2nn(C3CN(C4COC4)CCC3(F)F)c(N)c2C(N)=O)cc1. The topological polar surface area (TPSA) is 138 Å². The van der Waals surface area contributed by atoms with Crippen molar-refractivity contribution in [2.45, 2.75) is 31.0 Å². The Balaban J connectivity index is 1.37. The van der Waals surface area contributed by atoms with Gasteiger partial charge in [-0.05, 0) is 23.8 Å². The molecular formula is C27H29F3N6O4. The second-order valence-corrected chi connectivity index (χ2v) is 9.85. The van der Waals surface area contributed by atoms with E-state index >= 15 is 8.78 Å². The van der Waals surface area contributed by atoms with E-state index in [4.69, 9.17) is 20.9 Å². The molecule has 0 aliphatic carbocycles. The molecule has 1 aromatic heterocycles. The summed E-state index contributed by atoms with van der Waals surface area (Å²) in [5.74, 6) is -5.08. The highest BCUT2D eigenvalue weighted by Gasteiger charge is 2.49. The minimum Gasteiger partial charge on any atom is -0.496 e. The van der Waals surface area contributed by atoms with Gasteiger partial charge in [-0.25, -0.2) is 17.9 Å². The molecule has 5 rings (SSSR count). The van der Waals surface area contributed by atoms with E-state index in [2.05, 4.69) is 10.4 Å². The summed E-state index contributed by atoms with van der Waals surface area (Å²) in [4.78, 5) is 26.9. The van der Waals surface area contributed by atoms with Crippen molar-refractivity contribution in [3.8, 4) is 17.0 Å². The van der Waals surface area contributed by atoms with Crippen LogP contribution in [0.4, 0.5) is 19.0 Å². The van der Waals surface area contributed by atoms with Crippen molar-refractivity contribution in [1.29, 1.82) is 0 Å². The Bertz CT molecular complexity index is 1420. The van der Waals surface area contributed by atoms with E-state index in [1.54, 1.807) is 24.3 Å². The van der Waals surface area contributed by atoms with Gasteiger partial charge in [-0.1, -0.05) is 24.3 Å². The number of hydrogen-bond donors (Lipinski definition) is 3. The zero-order chi connectivity index (χ0) is 28.6.